The van der Waals surface area contributed by atoms with Crippen LogP contribution in [0, 0.1) is 0 Å². The Bertz CT molecular complexity index is 453. The van der Waals surface area contributed by atoms with E-state index in [9.17, 15) is 0 Å². The molecule has 0 amide bonds. The van der Waals surface area contributed by atoms with Crippen LogP contribution in [-0.2, 0) is 6.54 Å². The van der Waals surface area contributed by atoms with Crippen LogP contribution >= 0.6 is 63.0 Å². The van der Waals surface area contributed by atoms with Crippen LogP contribution in [-0.4, -0.2) is 30.1 Å². The van der Waals surface area contributed by atoms with Gasteiger partial charge in [-0.05, 0) is 54.4 Å². The smallest absolute Gasteiger partial charge is 0.191 e. The SMILES string of the molecule is CCNC(=NCc1cc(Br)cs1)NC1CCC(SC)C1.I. The number of hydrogen-bond donors (Lipinski definition) is 2. The van der Waals surface area contributed by atoms with Gasteiger partial charge in [0.05, 0.1) is 6.54 Å². The number of thioether (sulfide) groups is 1. The average molecular weight is 504 g/mol. The Morgan fingerprint density at radius 1 is 1.52 bits per heavy atom. The van der Waals surface area contributed by atoms with E-state index in [0.717, 1.165) is 28.8 Å². The molecule has 0 saturated heterocycles. The second-order valence-electron chi connectivity index (χ2n) is 4.94. The van der Waals surface area contributed by atoms with Crippen molar-refractivity contribution in [3.8, 4) is 0 Å². The van der Waals surface area contributed by atoms with Gasteiger partial charge < -0.3 is 10.6 Å². The van der Waals surface area contributed by atoms with Crippen molar-refractivity contribution in [3.05, 3.63) is 20.8 Å². The van der Waals surface area contributed by atoms with E-state index in [1.54, 1.807) is 11.3 Å². The third-order valence-corrected chi connectivity index (χ3v) is 6.19. The molecule has 1 aromatic heterocycles. The van der Waals surface area contributed by atoms with Gasteiger partial charge in [-0.25, -0.2) is 4.99 Å². The molecule has 1 heterocycles. The van der Waals surface area contributed by atoms with E-state index in [1.165, 1.54) is 24.1 Å². The maximum Gasteiger partial charge on any atom is 0.191 e. The summed E-state index contributed by atoms with van der Waals surface area (Å²) in [5.74, 6) is 0.948. The summed E-state index contributed by atoms with van der Waals surface area (Å²) < 4.78 is 1.14. The van der Waals surface area contributed by atoms with Crippen LogP contribution in [0.25, 0.3) is 0 Å². The largest absolute Gasteiger partial charge is 0.357 e. The first-order valence-electron chi connectivity index (χ1n) is 7.01. The number of rotatable bonds is 5. The van der Waals surface area contributed by atoms with Crippen molar-refractivity contribution in [3.63, 3.8) is 0 Å². The normalized spacial score (nSPS) is 22.0. The van der Waals surface area contributed by atoms with Crippen LogP contribution in [0.2, 0.25) is 0 Å². The number of hydrogen-bond acceptors (Lipinski definition) is 3. The van der Waals surface area contributed by atoms with E-state index >= 15 is 0 Å². The predicted molar refractivity (Wildman–Crippen MR) is 110 cm³/mol. The first-order chi connectivity index (χ1) is 9.71. The molecule has 3 nitrogen and oxygen atoms in total. The van der Waals surface area contributed by atoms with Crippen LogP contribution in [0.4, 0.5) is 0 Å². The van der Waals surface area contributed by atoms with Crippen molar-refractivity contribution >= 4 is 69.0 Å². The fraction of sp³-hybridized carbons (Fsp3) is 0.643. The summed E-state index contributed by atoms with van der Waals surface area (Å²) in [6, 6.07) is 2.71. The van der Waals surface area contributed by atoms with Crippen LogP contribution in [0.3, 0.4) is 0 Å². The van der Waals surface area contributed by atoms with Crippen LogP contribution < -0.4 is 10.6 Å². The summed E-state index contributed by atoms with van der Waals surface area (Å²) in [5, 5.41) is 9.83. The number of aliphatic imine (C=N–C) groups is 1. The Hall–Kier alpha value is 0.530. The zero-order valence-electron chi connectivity index (χ0n) is 12.4. The minimum absolute atomic E-state index is 0. The lowest BCUT2D eigenvalue weighted by Gasteiger charge is -2.17. The van der Waals surface area contributed by atoms with Gasteiger partial charge in [0.25, 0.3) is 0 Å². The summed E-state index contributed by atoms with van der Waals surface area (Å²) in [7, 11) is 0. The van der Waals surface area contributed by atoms with Crippen molar-refractivity contribution in [1.82, 2.24) is 10.6 Å². The van der Waals surface area contributed by atoms with Crippen molar-refractivity contribution in [2.45, 2.75) is 44.0 Å². The molecule has 2 atom stereocenters. The van der Waals surface area contributed by atoms with Gasteiger partial charge in [0.2, 0.25) is 0 Å². The van der Waals surface area contributed by atoms with Gasteiger partial charge in [-0.1, -0.05) is 0 Å². The Morgan fingerprint density at radius 3 is 2.90 bits per heavy atom. The first-order valence-corrected chi connectivity index (χ1v) is 9.98. The molecule has 2 unspecified atom stereocenters. The molecule has 0 aliphatic heterocycles. The minimum atomic E-state index is 0. The van der Waals surface area contributed by atoms with Crippen LogP contribution in [0.5, 0.6) is 0 Å². The molecule has 1 saturated carbocycles. The highest BCUT2D eigenvalue weighted by Gasteiger charge is 2.24. The fourth-order valence-electron chi connectivity index (χ4n) is 2.39. The Balaban J connectivity index is 0.00000220. The van der Waals surface area contributed by atoms with Gasteiger partial charge in [0, 0.05) is 32.6 Å². The number of halogens is 2. The Morgan fingerprint density at radius 2 is 2.33 bits per heavy atom. The molecule has 0 radical (unpaired) electrons. The molecule has 1 fully saturated rings. The molecule has 1 aromatic rings. The summed E-state index contributed by atoms with van der Waals surface area (Å²) >= 11 is 7.21. The third-order valence-electron chi connectivity index (χ3n) is 3.42. The molecule has 2 rings (SSSR count). The van der Waals surface area contributed by atoms with Crippen molar-refractivity contribution in [2.24, 2.45) is 4.99 Å². The van der Waals surface area contributed by atoms with E-state index in [0.29, 0.717) is 6.04 Å². The molecule has 0 spiro atoms. The van der Waals surface area contributed by atoms with Gasteiger partial charge in [-0.15, -0.1) is 35.3 Å². The van der Waals surface area contributed by atoms with Crippen molar-refractivity contribution < 1.29 is 0 Å². The summed E-state index contributed by atoms with van der Waals surface area (Å²) in [5.41, 5.74) is 0. The molecule has 120 valence electrons. The molecule has 21 heavy (non-hydrogen) atoms. The number of thiophene rings is 1. The minimum Gasteiger partial charge on any atom is -0.357 e. The van der Waals surface area contributed by atoms with Gasteiger partial charge in [-0.3, -0.25) is 0 Å². The third kappa shape index (κ3) is 6.66. The zero-order chi connectivity index (χ0) is 14.4. The molecule has 0 bridgehead atoms. The number of nitrogens with zero attached hydrogens (tertiary/aromatic N) is 1. The summed E-state index contributed by atoms with van der Waals surface area (Å²) in [6.45, 7) is 3.75. The van der Waals surface area contributed by atoms with E-state index in [-0.39, 0.29) is 24.0 Å². The molecule has 7 heteroatoms. The Labute approximate surface area is 161 Å². The maximum absolute atomic E-state index is 4.69. The van der Waals surface area contributed by atoms with Gasteiger partial charge >= 0.3 is 0 Å². The monoisotopic (exact) mass is 503 g/mol. The number of nitrogens with one attached hydrogen (secondary N) is 2. The molecule has 2 N–H and O–H groups in total. The van der Waals surface area contributed by atoms with Gasteiger partial charge in [0.1, 0.15) is 0 Å². The average Bonchev–Trinajstić information content (AvgIpc) is 3.05. The second-order valence-corrected chi connectivity index (χ2v) is 7.99. The quantitative estimate of drug-likeness (QED) is 0.353. The first kappa shape index (κ1) is 19.6. The lowest BCUT2D eigenvalue weighted by atomic mass is 10.2. The second kappa shape index (κ2) is 10.3. The van der Waals surface area contributed by atoms with Crippen molar-refractivity contribution in [2.75, 3.05) is 12.8 Å². The van der Waals surface area contributed by atoms with E-state index in [4.69, 9.17) is 0 Å². The zero-order valence-corrected chi connectivity index (χ0v) is 17.9. The van der Waals surface area contributed by atoms with Gasteiger partial charge in [-0.2, -0.15) is 11.8 Å². The van der Waals surface area contributed by atoms with E-state index < -0.39 is 0 Å². The van der Waals surface area contributed by atoms with E-state index in [2.05, 4.69) is 56.2 Å². The highest BCUT2D eigenvalue weighted by atomic mass is 127. The van der Waals surface area contributed by atoms with Crippen LogP contribution in [0.1, 0.15) is 31.1 Å². The highest BCUT2D eigenvalue weighted by molar-refractivity contribution is 14.0. The van der Waals surface area contributed by atoms with Gasteiger partial charge in [0.15, 0.2) is 5.96 Å². The standard InChI is InChI=1S/C14H22BrN3S2.HI/c1-3-16-14(17-8-13-6-10(15)9-20-13)18-11-4-5-12(7-11)19-2;/h6,9,11-12H,3-5,7-8H2,1-2H3,(H2,16,17,18);1H. The molecule has 0 aromatic carbocycles. The maximum atomic E-state index is 4.69. The van der Waals surface area contributed by atoms with Crippen molar-refractivity contribution in [1.29, 1.82) is 0 Å². The summed E-state index contributed by atoms with van der Waals surface area (Å²) in [6.07, 6.45) is 6.02. The molecular weight excluding hydrogens is 481 g/mol. The summed E-state index contributed by atoms with van der Waals surface area (Å²) in [4.78, 5) is 5.97. The lowest BCUT2D eigenvalue weighted by Crippen LogP contribution is -2.42. The highest BCUT2D eigenvalue weighted by Crippen LogP contribution is 2.28. The predicted octanol–water partition coefficient (Wildman–Crippen LogP) is 4.47. The lowest BCUT2D eigenvalue weighted by molar-refractivity contribution is 0.615. The molecular formula is C14H23BrIN3S2. The van der Waals surface area contributed by atoms with E-state index in [1.807, 2.05) is 11.8 Å². The topological polar surface area (TPSA) is 36.4 Å². The Kier molecular flexibility index (Phi) is 9.63. The van der Waals surface area contributed by atoms with Crippen LogP contribution in [0.15, 0.2) is 20.9 Å². The number of guanidine groups is 1. The molecule has 1 aliphatic carbocycles. The molecule has 1 aliphatic rings. The fourth-order valence-corrected chi connectivity index (χ4v) is 4.56.